The number of ether oxygens (including phenoxy) is 1. The van der Waals surface area contributed by atoms with Gasteiger partial charge in [-0.2, -0.15) is 0 Å². The lowest BCUT2D eigenvalue weighted by Gasteiger charge is -2.16. The van der Waals surface area contributed by atoms with Gasteiger partial charge in [0, 0.05) is 34.2 Å². The molecule has 0 fully saturated rings. The number of halogens is 2. The van der Waals surface area contributed by atoms with E-state index in [2.05, 4.69) is 50.2 Å². The van der Waals surface area contributed by atoms with Crippen molar-refractivity contribution in [2.75, 3.05) is 13.6 Å². The van der Waals surface area contributed by atoms with Gasteiger partial charge in [0.05, 0.1) is 6.54 Å². The van der Waals surface area contributed by atoms with Crippen LogP contribution in [0.2, 0.25) is 0 Å². The van der Waals surface area contributed by atoms with Gasteiger partial charge in [0.2, 0.25) is 0 Å². The lowest BCUT2D eigenvalue weighted by Crippen LogP contribution is -2.21. The van der Waals surface area contributed by atoms with Crippen LogP contribution in [0.15, 0.2) is 92.7 Å². The van der Waals surface area contributed by atoms with Gasteiger partial charge in [-0.1, -0.05) is 52.3 Å². The van der Waals surface area contributed by atoms with E-state index in [1.54, 1.807) is 6.07 Å². The number of nitrogens with one attached hydrogen (secondary N) is 1. The largest absolute Gasteiger partial charge is 0.488 e. The van der Waals surface area contributed by atoms with Crippen molar-refractivity contribution < 1.29 is 9.15 Å². The zero-order chi connectivity index (χ0) is 23.5. The van der Waals surface area contributed by atoms with Crippen molar-refractivity contribution in [3.8, 4) is 5.75 Å². The van der Waals surface area contributed by atoms with Crippen LogP contribution in [-0.4, -0.2) is 23.5 Å². The molecule has 0 radical (unpaired) electrons. The number of hydrogen-bond acceptors (Lipinski definition) is 4. The summed E-state index contributed by atoms with van der Waals surface area (Å²) in [6.45, 7) is 1.78. The summed E-state index contributed by atoms with van der Waals surface area (Å²) >= 11 is 3.44. The summed E-state index contributed by atoms with van der Waals surface area (Å²) in [5.74, 6) is 1.18. The highest BCUT2D eigenvalue weighted by Crippen LogP contribution is 2.25. The fourth-order valence-corrected chi connectivity index (χ4v) is 4.43. The first-order chi connectivity index (χ1) is 16.6. The molecular weight excluding hydrogens is 528 g/mol. The Balaban J connectivity index is 0.00000289. The molecule has 7 heteroatoms. The van der Waals surface area contributed by atoms with E-state index in [9.17, 15) is 4.79 Å². The first-order valence-electron chi connectivity index (χ1n) is 11.2. The van der Waals surface area contributed by atoms with E-state index in [1.807, 2.05) is 55.6 Å². The van der Waals surface area contributed by atoms with Gasteiger partial charge in [-0.05, 0) is 54.9 Å². The molecule has 0 spiro atoms. The molecule has 180 valence electrons. The summed E-state index contributed by atoms with van der Waals surface area (Å²) < 4.78 is 13.1. The first kappa shape index (κ1) is 25.0. The number of H-pyrrole nitrogens is 1. The molecular formula is C28H26BrClN2O3. The summed E-state index contributed by atoms with van der Waals surface area (Å²) in [7, 11) is 2.04. The van der Waals surface area contributed by atoms with E-state index in [-0.39, 0.29) is 17.8 Å². The van der Waals surface area contributed by atoms with Crippen LogP contribution in [0, 0.1) is 0 Å². The maximum Gasteiger partial charge on any atom is 0.196 e. The van der Waals surface area contributed by atoms with E-state index >= 15 is 0 Å². The number of hydrogen-bond donors (Lipinski definition) is 1. The Hall–Kier alpha value is -3.06. The number of rotatable bonds is 8. The van der Waals surface area contributed by atoms with Crippen molar-refractivity contribution in [3.05, 3.63) is 111 Å². The molecule has 5 rings (SSSR count). The monoisotopic (exact) mass is 552 g/mol. The third kappa shape index (κ3) is 5.78. The van der Waals surface area contributed by atoms with Crippen molar-refractivity contribution in [2.24, 2.45) is 0 Å². The summed E-state index contributed by atoms with van der Waals surface area (Å²) in [5, 5.41) is 1.73. The molecule has 0 aliphatic carbocycles. The number of aromatic amines is 1. The molecule has 0 unspecified atom stereocenters. The Morgan fingerprint density at radius 1 is 1.03 bits per heavy atom. The fraction of sp³-hybridized carbons (Fsp3) is 0.179. The number of benzene rings is 3. The smallest absolute Gasteiger partial charge is 0.196 e. The second-order valence-corrected chi connectivity index (χ2v) is 9.38. The Kier molecular flexibility index (Phi) is 7.96. The Morgan fingerprint density at radius 3 is 2.66 bits per heavy atom. The van der Waals surface area contributed by atoms with Crippen LogP contribution in [-0.2, 0) is 19.6 Å². The molecule has 0 aliphatic rings. The normalized spacial score (nSPS) is 11.2. The van der Waals surface area contributed by atoms with E-state index in [4.69, 9.17) is 9.15 Å². The summed E-state index contributed by atoms with van der Waals surface area (Å²) in [6.07, 6.45) is 2.98. The number of fused-ring (bicyclic) bond motifs is 2. The zero-order valence-corrected chi connectivity index (χ0v) is 21.7. The molecule has 35 heavy (non-hydrogen) atoms. The highest BCUT2D eigenvalue weighted by Gasteiger charge is 2.13. The third-order valence-electron chi connectivity index (χ3n) is 5.94. The zero-order valence-electron chi connectivity index (χ0n) is 19.3. The molecule has 3 aromatic carbocycles. The van der Waals surface area contributed by atoms with Crippen molar-refractivity contribution in [1.29, 1.82) is 0 Å². The van der Waals surface area contributed by atoms with Gasteiger partial charge in [0.1, 0.15) is 29.1 Å². The molecule has 0 saturated heterocycles. The van der Waals surface area contributed by atoms with Gasteiger partial charge in [-0.3, -0.25) is 9.69 Å². The van der Waals surface area contributed by atoms with Crippen molar-refractivity contribution in [3.63, 3.8) is 0 Å². The van der Waals surface area contributed by atoms with E-state index in [0.717, 1.165) is 28.5 Å². The van der Waals surface area contributed by atoms with Crippen LogP contribution in [0.5, 0.6) is 5.75 Å². The number of nitrogens with zero attached hydrogens (tertiary/aromatic N) is 1. The van der Waals surface area contributed by atoms with Gasteiger partial charge in [-0.15, -0.1) is 12.4 Å². The second-order valence-electron chi connectivity index (χ2n) is 8.47. The predicted octanol–water partition coefficient (Wildman–Crippen LogP) is 6.71. The van der Waals surface area contributed by atoms with Crippen LogP contribution in [0.1, 0.15) is 16.9 Å². The SMILES string of the molecule is CN(CCc1c[nH]c2ccccc12)Cc1cc(=O)c2c(OCc3ccc(Br)cc3)cccc2o1.Cl. The predicted molar refractivity (Wildman–Crippen MR) is 147 cm³/mol. The fourth-order valence-electron chi connectivity index (χ4n) is 4.16. The molecule has 0 atom stereocenters. The maximum absolute atomic E-state index is 13.0. The van der Waals surface area contributed by atoms with E-state index in [0.29, 0.717) is 35.6 Å². The molecule has 0 bridgehead atoms. The molecule has 5 nitrogen and oxygen atoms in total. The summed E-state index contributed by atoms with van der Waals surface area (Å²) in [4.78, 5) is 18.5. The van der Waals surface area contributed by atoms with Crippen LogP contribution in [0.4, 0.5) is 0 Å². The van der Waals surface area contributed by atoms with Crippen molar-refractivity contribution in [2.45, 2.75) is 19.6 Å². The van der Waals surface area contributed by atoms with Crippen LogP contribution in [0.25, 0.3) is 21.9 Å². The minimum absolute atomic E-state index is 0. The Morgan fingerprint density at radius 2 is 1.83 bits per heavy atom. The first-order valence-corrected chi connectivity index (χ1v) is 12.0. The molecule has 5 aromatic rings. The van der Waals surface area contributed by atoms with Gasteiger partial charge in [0.25, 0.3) is 0 Å². The van der Waals surface area contributed by atoms with Crippen LogP contribution < -0.4 is 10.2 Å². The third-order valence-corrected chi connectivity index (χ3v) is 6.47. The lowest BCUT2D eigenvalue weighted by molar-refractivity contribution is 0.299. The quantitative estimate of drug-likeness (QED) is 0.232. The average molecular weight is 554 g/mol. The lowest BCUT2D eigenvalue weighted by atomic mass is 10.1. The highest BCUT2D eigenvalue weighted by molar-refractivity contribution is 9.10. The number of para-hydroxylation sites is 1. The number of likely N-dealkylation sites (N-methyl/N-ethyl adjacent to an activating group) is 1. The van der Waals surface area contributed by atoms with Gasteiger partial charge >= 0.3 is 0 Å². The Bertz CT molecular complexity index is 1490. The van der Waals surface area contributed by atoms with Crippen molar-refractivity contribution in [1.82, 2.24) is 9.88 Å². The standard InChI is InChI=1S/C28H25BrN2O3.ClH/c1-31(14-13-20-16-30-24-6-3-2-5-23(20)24)17-22-15-25(32)28-26(7-4-8-27(28)34-22)33-18-19-9-11-21(29)12-10-19;/h2-12,15-16,30H,13-14,17-18H2,1H3;1H. The topological polar surface area (TPSA) is 58.5 Å². The molecule has 1 N–H and O–H groups in total. The Labute approximate surface area is 218 Å². The second kappa shape index (κ2) is 11.1. The molecule has 0 amide bonds. The van der Waals surface area contributed by atoms with Gasteiger partial charge < -0.3 is 14.1 Å². The average Bonchev–Trinajstić information content (AvgIpc) is 3.25. The van der Waals surface area contributed by atoms with E-state index in [1.165, 1.54) is 10.9 Å². The summed E-state index contributed by atoms with van der Waals surface area (Å²) in [6, 6.07) is 23.3. The molecule has 0 saturated carbocycles. The van der Waals surface area contributed by atoms with Crippen molar-refractivity contribution >= 4 is 50.2 Å². The minimum atomic E-state index is -0.0901. The van der Waals surface area contributed by atoms with E-state index < -0.39 is 0 Å². The minimum Gasteiger partial charge on any atom is -0.488 e. The highest BCUT2D eigenvalue weighted by atomic mass is 79.9. The van der Waals surface area contributed by atoms with Gasteiger partial charge in [0.15, 0.2) is 5.43 Å². The van der Waals surface area contributed by atoms with Crippen LogP contribution >= 0.6 is 28.3 Å². The molecule has 2 heterocycles. The number of aromatic nitrogens is 1. The summed E-state index contributed by atoms with van der Waals surface area (Å²) in [5.41, 5.74) is 3.92. The maximum atomic E-state index is 13.0. The van der Waals surface area contributed by atoms with Gasteiger partial charge in [-0.25, -0.2) is 0 Å². The van der Waals surface area contributed by atoms with Crippen LogP contribution in [0.3, 0.4) is 0 Å². The molecule has 2 aromatic heterocycles. The molecule has 0 aliphatic heterocycles.